The monoisotopic (exact) mass is 393 g/mol. The predicted molar refractivity (Wildman–Crippen MR) is 113 cm³/mol. The van der Waals surface area contributed by atoms with Gasteiger partial charge in [-0.15, -0.1) is 0 Å². The van der Waals surface area contributed by atoms with Crippen molar-refractivity contribution < 1.29 is 14.1 Å². The summed E-state index contributed by atoms with van der Waals surface area (Å²) in [5, 5.41) is 6.94. The van der Waals surface area contributed by atoms with E-state index in [9.17, 15) is 4.79 Å². The Morgan fingerprint density at radius 1 is 1.10 bits per heavy atom. The Labute approximate surface area is 171 Å². The lowest BCUT2D eigenvalue weighted by Crippen LogP contribution is -2.38. The van der Waals surface area contributed by atoms with Crippen LogP contribution in [-0.4, -0.2) is 42.7 Å². The van der Waals surface area contributed by atoms with Crippen LogP contribution in [0.4, 0.5) is 0 Å². The fourth-order valence-electron chi connectivity index (χ4n) is 3.35. The van der Waals surface area contributed by atoms with E-state index in [1.807, 2.05) is 54.6 Å². The van der Waals surface area contributed by atoms with Gasteiger partial charge in [-0.1, -0.05) is 61.5 Å². The van der Waals surface area contributed by atoms with Gasteiger partial charge in [0, 0.05) is 18.2 Å². The minimum absolute atomic E-state index is 0.0559. The third-order valence-corrected chi connectivity index (χ3v) is 5.01. The molecule has 3 rings (SSSR count). The molecule has 0 aliphatic carbocycles. The van der Waals surface area contributed by atoms with Crippen molar-refractivity contribution in [3.8, 4) is 17.1 Å². The highest BCUT2D eigenvalue weighted by Gasteiger charge is 2.21. The number of aromatic nitrogens is 1. The number of rotatable bonds is 9. The molecule has 3 aromatic rings. The fourth-order valence-corrected chi connectivity index (χ4v) is 3.35. The molecule has 6 heteroatoms. The summed E-state index contributed by atoms with van der Waals surface area (Å²) < 4.78 is 10.6. The zero-order valence-corrected chi connectivity index (χ0v) is 17.1. The summed E-state index contributed by atoms with van der Waals surface area (Å²) >= 11 is 0. The average Bonchev–Trinajstić information content (AvgIpc) is 3.28. The third-order valence-electron chi connectivity index (χ3n) is 5.01. The fraction of sp³-hybridized carbons (Fsp3) is 0.304. The smallest absolute Gasteiger partial charge is 0.273 e. The third kappa shape index (κ3) is 5.03. The van der Waals surface area contributed by atoms with E-state index in [0.29, 0.717) is 12.3 Å². The summed E-state index contributed by atoms with van der Waals surface area (Å²) in [6.07, 6.45) is 0. The zero-order valence-electron chi connectivity index (χ0n) is 17.1. The van der Waals surface area contributed by atoms with Crippen molar-refractivity contribution >= 4 is 5.91 Å². The lowest BCUT2D eigenvalue weighted by Gasteiger charge is -2.30. The molecule has 1 atom stereocenters. The molecular weight excluding hydrogens is 366 g/mol. The Morgan fingerprint density at radius 3 is 2.41 bits per heavy atom. The van der Waals surface area contributed by atoms with Crippen LogP contribution < -0.4 is 10.1 Å². The molecule has 0 bridgehead atoms. The largest absolute Gasteiger partial charge is 0.497 e. The van der Waals surface area contributed by atoms with E-state index in [4.69, 9.17) is 9.26 Å². The van der Waals surface area contributed by atoms with Gasteiger partial charge in [0.15, 0.2) is 11.5 Å². The van der Waals surface area contributed by atoms with Gasteiger partial charge in [0.25, 0.3) is 5.91 Å². The van der Waals surface area contributed by atoms with Crippen LogP contribution in [-0.2, 0) is 0 Å². The Kier molecular flexibility index (Phi) is 7.03. The number of carbonyl (C=O) groups excluding carboxylic acids is 1. The van der Waals surface area contributed by atoms with E-state index < -0.39 is 0 Å². The molecule has 0 aliphatic heterocycles. The molecule has 0 radical (unpaired) electrons. The standard InChI is InChI=1S/C23H27N3O3/c1-4-26(5-2)21(17-11-13-19(28-3)14-12-17)16-24-23(27)20-15-22(29-25-20)18-9-7-6-8-10-18/h6-15,21H,4-5,16H2,1-3H3,(H,24,27)/t21-/m1/s1. The van der Waals surface area contributed by atoms with Crippen LogP contribution in [0.15, 0.2) is 65.2 Å². The van der Waals surface area contributed by atoms with E-state index in [-0.39, 0.29) is 17.6 Å². The number of hydrogen-bond acceptors (Lipinski definition) is 5. The first-order valence-electron chi connectivity index (χ1n) is 9.84. The molecule has 29 heavy (non-hydrogen) atoms. The van der Waals surface area contributed by atoms with Crippen LogP contribution in [0.1, 0.15) is 35.9 Å². The van der Waals surface area contributed by atoms with Crippen LogP contribution >= 0.6 is 0 Å². The normalized spacial score (nSPS) is 12.0. The van der Waals surface area contributed by atoms with E-state index in [1.165, 1.54) is 0 Å². The number of hydrogen-bond donors (Lipinski definition) is 1. The summed E-state index contributed by atoms with van der Waals surface area (Å²) in [4.78, 5) is 15.0. The van der Waals surface area contributed by atoms with Gasteiger partial charge >= 0.3 is 0 Å². The van der Waals surface area contributed by atoms with Crippen molar-refractivity contribution in [2.45, 2.75) is 19.9 Å². The maximum absolute atomic E-state index is 12.7. The van der Waals surface area contributed by atoms with E-state index in [2.05, 4.69) is 29.2 Å². The first-order valence-corrected chi connectivity index (χ1v) is 9.84. The first kappa shape index (κ1) is 20.6. The van der Waals surface area contributed by atoms with Crippen LogP contribution in [0.3, 0.4) is 0 Å². The second kappa shape index (κ2) is 9.89. The average molecular weight is 393 g/mol. The molecule has 0 spiro atoms. The Balaban J connectivity index is 1.71. The van der Waals surface area contributed by atoms with Gasteiger partial charge in [-0.2, -0.15) is 0 Å². The van der Waals surface area contributed by atoms with Gasteiger partial charge in [0.05, 0.1) is 13.2 Å². The molecule has 0 fully saturated rings. The van der Waals surface area contributed by atoms with Crippen molar-refractivity contribution in [1.82, 2.24) is 15.4 Å². The van der Waals surface area contributed by atoms with Gasteiger partial charge in [-0.3, -0.25) is 9.69 Å². The van der Waals surface area contributed by atoms with Crippen molar-refractivity contribution in [2.24, 2.45) is 0 Å². The molecule has 0 aliphatic rings. The quantitative estimate of drug-likeness (QED) is 0.591. The number of methoxy groups -OCH3 is 1. The minimum Gasteiger partial charge on any atom is -0.497 e. The lowest BCUT2D eigenvalue weighted by molar-refractivity contribution is 0.0926. The van der Waals surface area contributed by atoms with Crippen LogP contribution in [0.25, 0.3) is 11.3 Å². The number of likely N-dealkylation sites (N-methyl/N-ethyl adjacent to an activating group) is 1. The number of benzene rings is 2. The van der Waals surface area contributed by atoms with Gasteiger partial charge in [0.1, 0.15) is 5.75 Å². The highest BCUT2D eigenvalue weighted by Crippen LogP contribution is 2.23. The van der Waals surface area contributed by atoms with E-state index >= 15 is 0 Å². The van der Waals surface area contributed by atoms with Crippen molar-refractivity contribution in [1.29, 1.82) is 0 Å². The molecule has 0 saturated heterocycles. The zero-order chi connectivity index (χ0) is 20.6. The van der Waals surface area contributed by atoms with Gasteiger partial charge in [-0.05, 0) is 30.8 Å². The number of ether oxygens (including phenoxy) is 1. The molecular formula is C23H27N3O3. The molecule has 6 nitrogen and oxygen atoms in total. The number of amides is 1. The second-order valence-electron chi connectivity index (χ2n) is 6.66. The summed E-state index contributed by atoms with van der Waals surface area (Å²) in [6, 6.07) is 19.3. The molecule has 152 valence electrons. The van der Waals surface area contributed by atoms with Crippen LogP contribution in [0.5, 0.6) is 5.75 Å². The number of nitrogens with zero attached hydrogens (tertiary/aromatic N) is 2. The van der Waals surface area contributed by atoms with Crippen LogP contribution in [0, 0.1) is 0 Å². The molecule has 1 N–H and O–H groups in total. The molecule has 1 aromatic heterocycles. The highest BCUT2D eigenvalue weighted by molar-refractivity contribution is 5.93. The molecule has 2 aromatic carbocycles. The van der Waals surface area contributed by atoms with Crippen molar-refractivity contribution in [3.63, 3.8) is 0 Å². The number of carbonyl (C=O) groups is 1. The summed E-state index contributed by atoms with van der Waals surface area (Å²) in [7, 11) is 1.65. The SMILES string of the molecule is CCN(CC)[C@H](CNC(=O)c1cc(-c2ccccc2)on1)c1ccc(OC)cc1. The van der Waals surface area contributed by atoms with Gasteiger partial charge < -0.3 is 14.6 Å². The Bertz CT molecular complexity index is 903. The Hall–Kier alpha value is -3.12. The highest BCUT2D eigenvalue weighted by atomic mass is 16.5. The van der Waals surface area contributed by atoms with E-state index in [1.54, 1.807) is 13.2 Å². The summed E-state index contributed by atoms with van der Waals surface area (Å²) in [5.41, 5.74) is 2.29. The molecule has 1 amide bonds. The minimum atomic E-state index is -0.249. The van der Waals surface area contributed by atoms with Gasteiger partial charge in [-0.25, -0.2) is 0 Å². The van der Waals surface area contributed by atoms with Crippen molar-refractivity contribution in [3.05, 3.63) is 71.9 Å². The second-order valence-corrected chi connectivity index (χ2v) is 6.66. The van der Waals surface area contributed by atoms with E-state index in [0.717, 1.165) is 30.0 Å². The lowest BCUT2D eigenvalue weighted by atomic mass is 10.0. The van der Waals surface area contributed by atoms with Gasteiger partial charge in [0.2, 0.25) is 0 Å². The number of nitrogens with one attached hydrogen (secondary N) is 1. The predicted octanol–water partition coefficient (Wildman–Crippen LogP) is 4.16. The molecule has 0 unspecified atom stereocenters. The maximum Gasteiger partial charge on any atom is 0.273 e. The summed E-state index contributed by atoms with van der Waals surface area (Å²) in [5.74, 6) is 1.14. The molecule has 0 saturated carbocycles. The topological polar surface area (TPSA) is 67.6 Å². The van der Waals surface area contributed by atoms with Crippen LogP contribution in [0.2, 0.25) is 0 Å². The first-order chi connectivity index (χ1) is 14.2. The van der Waals surface area contributed by atoms with Crippen molar-refractivity contribution in [2.75, 3.05) is 26.7 Å². The Morgan fingerprint density at radius 2 is 1.79 bits per heavy atom. The summed E-state index contributed by atoms with van der Waals surface area (Å²) in [6.45, 7) is 6.47. The maximum atomic E-state index is 12.7. The molecule has 1 heterocycles.